The van der Waals surface area contributed by atoms with Crippen LogP contribution < -0.4 is 5.32 Å². The standard InChI is InChI=1S/C13H15NO2/c15-12(11-6-7-11)8-13(16)14-9-10-4-2-1-3-5-10/h1-5,11H,6-9H2,(H,14,16). The van der Waals surface area contributed by atoms with Crippen LogP contribution in [0, 0.1) is 5.92 Å². The van der Waals surface area contributed by atoms with Gasteiger partial charge in [0.2, 0.25) is 5.91 Å². The van der Waals surface area contributed by atoms with Gasteiger partial charge in [0.25, 0.3) is 0 Å². The Bertz CT molecular complexity index is 382. The molecule has 0 heterocycles. The van der Waals surface area contributed by atoms with Crippen LogP contribution in [0.25, 0.3) is 0 Å². The average molecular weight is 217 g/mol. The van der Waals surface area contributed by atoms with Crippen molar-refractivity contribution < 1.29 is 9.59 Å². The second-order valence-electron chi connectivity index (χ2n) is 4.18. The molecule has 0 unspecified atom stereocenters. The Morgan fingerprint density at radius 2 is 1.88 bits per heavy atom. The van der Waals surface area contributed by atoms with Crippen LogP contribution in [-0.2, 0) is 16.1 Å². The highest BCUT2D eigenvalue weighted by Gasteiger charge is 2.30. The molecule has 1 aromatic rings. The van der Waals surface area contributed by atoms with Crippen molar-refractivity contribution in [2.45, 2.75) is 25.8 Å². The largest absolute Gasteiger partial charge is 0.352 e. The van der Waals surface area contributed by atoms with Crippen LogP contribution in [0.2, 0.25) is 0 Å². The number of benzene rings is 1. The molecule has 2 rings (SSSR count). The summed E-state index contributed by atoms with van der Waals surface area (Å²) in [6.45, 7) is 0.498. The van der Waals surface area contributed by atoms with Gasteiger partial charge >= 0.3 is 0 Å². The van der Waals surface area contributed by atoms with Gasteiger partial charge in [-0.3, -0.25) is 9.59 Å². The zero-order valence-electron chi connectivity index (χ0n) is 9.11. The van der Waals surface area contributed by atoms with E-state index < -0.39 is 0 Å². The van der Waals surface area contributed by atoms with Crippen molar-refractivity contribution in [1.82, 2.24) is 5.32 Å². The number of nitrogens with one attached hydrogen (secondary N) is 1. The molecule has 3 heteroatoms. The van der Waals surface area contributed by atoms with Gasteiger partial charge in [0.15, 0.2) is 0 Å². The number of amides is 1. The van der Waals surface area contributed by atoms with Crippen LogP contribution in [0.4, 0.5) is 0 Å². The Balaban J connectivity index is 1.73. The van der Waals surface area contributed by atoms with Crippen molar-refractivity contribution >= 4 is 11.7 Å². The Kier molecular flexibility index (Phi) is 3.34. The lowest BCUT2D eigenvalue weighted by atomic mass is 10.2. The van der Waals surface area contributed by atoms with Crippen LogP contribution in [0.3, 0.4) is 0 Å². The summed E-state index contributed by atoms with van der Waals surface area (Å²) in [4.78, 5) is 22.8. The molecular formula is C13H15NO2. The van der Waals surface area contributed by atoms with E-state index in [1.807, 2.05) is 30.3 Å². The van der Waals surface area contributed by atoms with Gasteiger partial charge in [-0.2, -0.15) is 0 Å². The van der Waals surface area contributed by atoms with Crippen LogP contribution in [0.1, 0.15) is 24.8 Å². The molecule has 1 saturated carbocycles. The fraction of sp³-hybridized carbons (Fsp3) is 0.385. The van der Waals surface area contributed by atoms with Crippen LogP contribution in [-0.4, -0.2) is 11.7 Å². The molecule has 0 saturated heterocycles. The molecule has 0 aromatic heterocycles. The van der Waals surface area contributed by atoms with Gasteiger partial charge in [-0.15, -0.1) is 0 Å². The molecule has 1 aliphatic carbocycles. The summed E-state index contributed by atoms with van der Waals surface area (Å²) >= 11 is 0. The number of rotatable bonds is 5. The van der Waals surface area contributed by atoms with E-state index in [4.69, 9.17) is 0 Å². The summed E-state index contributed by atoms with van der Waals surface area (Å²) in [5.41, 5.74) is 1.05. The predicted molar refractivity (Wildman–Crippen MR) is 60.6 cm³/mol. The first-order valence-electron chi connectivity index (χ1n) is 5.59. The van der Waals surface area contributed by atoms with E-state index in [9.17, 15) is 9.59 Å². The molecule has 3 nitrogen and oxygen atoms in total. The van der Waals surface area contributed by atoms with Crippen LogP contribution in [0.5, 0.6) is 0 Å². The quantitative estimate of drug-likeness (QED) is 0.763. The topological polar surface area (TPSA) is 46.2 Å². The molecule has 1 aromatic carbocycles. The minimum absolute atomic E-state index is 0.0392. The highest BCUT2D eigenvalue weighted by molar-refractivity contribution is 5.99. The van der Waals surface area contributed by atoms with Crippen molar-refractivity contribution in [3.8, 4) is 0 Å². The van der Waals surface area contributed by atoms with E-state index in [0.717, 1.165) is 18.4 Å². The summed E-state index contributed by atoms with van der Waals surface area (Å²) in [5.74, 6) is 0.0915. The fourth-order valence-electron chi connectivity index (χ4n) is 1.57. The summed E-state index contributed by atoms with van der Waals surface area (Å²) < 4.78 is 0. The maximum Gasteiger partial charge on any atom is 0.227 e. The molecule has 0 spiro atoms. The van der Waals surface area contributed by atoms with Gasteiger partial charge in [-0.25, -0.2) is 0 Å². The van der Waals surface area contributed by atoms with Crippen molar-refractivity contribution in [3.05, 3.63) is 35.9 Å². The first-order valence-corrected chi connectivity index (χ1v) is 5.59. The van der Waals surface area contributed by atoms with E-state index in [0.29, 0.717) is 6.54 Å². The van der Waals surface area contributed by atoms with Crippen LogP contribution >= 0.6 is 0 Å². The fourth-order valence-corrected chi connectivity index (χ4v) is 1.57. The van der Waals surface area contributed by atoms with E-state index >= 15 is 0 Å². The number of carbonyl (C=O) groups excluding carboxylic acids is 2. The van der Waals surface area contributed by atoms with Crippen molar-refractivity contribution in [2.24, 2.45) is 5.92 Å². The first-order chi connectivity index (χ1) is 7.75. The lowest BCUT2D eigenvalue weighted by molar-refractivity contribution is -0.128. The second kappa shape index (κ2) is 4.92. The normalized spacial score (nSPS) is 14.5. The lowest BCUT2D eigenvalue weighted by Gasteiger charge is -2.04. The summed E-state index contributed by atoms with van der Waals surface area (Å²) in [7, 11) is 0. The maximum absolute atomic E-state index is 11.4. The molecule has 0 bridgehead atoms. The molecule has 1 amide bonds. The van der Waals surface area contributed by atoms with Crippen molar-refractivity contribution in [3.63, 3.8) is 0 Å². The van der Waals surface area contributed by atoms with Gasteiger partial charge in [0, 0.05) is 12.5 Å². The highest BCUT2D eigenvalue weighted by Crippen LogP contribution is 2.30. The van der Waals surface area contributed by atoms with Crippen molar-refractivity contribution in [1.29, 1.82) is 0 Å². The Morgan fingerprint density at radius 1 is 1.19 bits per heavy atom. The minimum Gasteiger partial charge on any atom is -0.352 e. The van der Waals surface area contributed by atoms with Gasteiger partial charge in [-0.05, 0) is 18.4 Å². The molecule has 1 aliphatic rings. The molecular weight excluding hydrogens is 202 g/mol. The third kappa shape index (κ3) is 3.19. The monoisotopic (exact) mass is 217 g/mol. The van der Waals surface area contributed by atoms with Gasteiger partial charge in [-0.1, -0.05) is 30.3 Å². The zero-order chi connectivity index (χ0) is 11.4. The molecule has 84 valence electrons. The Morgan fingerprint density at radius 3 is 2.50 bits per heavy atom. The number of hydrogen-bond acceptors (Lipinski definition) is 2. The van der Waals surface area contributed by atoms with Crippen LogP contribution in [0.15, 0.2) is 30.3 Å². The smallest absolute Gasteiger partial charge is 0.227 e. The van der Waals surface area contributed by atoms with Gasteiger partial charge in [0.05, 0.1) is 6.42 Å². The van der Waals surface area contributed by atoms with Crippen molar-refractivity contribution in [2.75, 3.05) is 0 Å². The third-order valence-electron chi connectivity index (χ3n) is 2.70. The number of carbonyl (C=O) groups is 2. The second-order valence-corrected chi connectivity index (χ2v) is 4.18. The molecule has 0 aliphatic heterocycles. The molecule has 1 fully saturated rings. The third-order valence-corrected chi connectivity index (χ3v) is 2.70. The lowest BCUT2D eigenvalue weighted by Crippen LogP contribution is -2.25. The molecule has 1 N–H and O–H groups in total. The van der Waals surface area contributed by atoms with E-state index in [1.165, 1.54) is 0 Å². The SMILES string of the molecule is O=C(CC(=O)C1CC1)NCc1ccccc1. The average Bonchev–Trinajstić information content (AvgIpc) is 3.11. The Labute approximate surface area is 94.9 Å². The minimum atomic E-state index is -0.166. The Hall–Kier alpha value is -1.64. The predicted octanol–water partition coefficient (Wildman–Crippen LogP) is 1.67. The molecule has 0 radical (unpaired) electrons. The number of ketones is 1. The maximum atomic E-state index is 11.4. The number of hydrogen-bond donors (Lipinski definition) is 1. The summed E-state index contributed by atoms with van der Waals surface area (Å²) in [6.07, 6.45) is 1.97. The van der Waals surface area contributed by atoms with E-state index in [2.05, 4.69) is 5.32 Å². The summed E-state index contributed by atoms with van der Waals surface area (Å²) in [6, 6.07) is 9.68. The number of Topliss-reactive ketones (excluding diaryl/α,β-unsaturated/α-hetero) is 1. The molecule has 0 atom stereocenters. The summed E-state index contributed by atoms with van der Waals surface area (Å²) in [5, 5.41) is 2.75. The van der Waals surface area contributed by atoms with Gasteiger partial charge < -0.3 is 5.32 Å². The molecule has 16 heavy (non-hydrogen) atoms. The highest BCUT2D eigenvalue weighted by atomic mass is 16.2. The van der Waals surface area contributed by atoms with Gasteiger partial charge in [0.1, 0.15) is 5.78 Å². The van der Waals surface area contributed by atoms with E-state index in [1.54, 1.807) is 0 Å². The first kappa shape index (κ1) is 10.9. The van der Waals surface area contributed by atoms with E-state index in [-0.39, 0.29) is 24.0 Å². The zero-order valence-corrected chi connectivity index (χ0v) is 9.11.